The van der Waals surface area contributed by atoms with Gasteiger partial charge in [0, 0.05) is 25.4 Å². The van der Waals surface area contributed by atoms with Crippen molar-refractivity contribution in [3.05, 3.63) is 18.2 Å². The molecule has 0 atom stereocenters. The second-order valence-electron chi connectivity index (χ2n) is 6.35. The van der Waals surface area contributed by atoms with E-state index in [0.717, 1.165) is 29.6 Å². The fourth-order valence-electron chi connectivity index (χ4n) is 5.05. The Hall–Kier alpha value is -0.790. The fraction of sp³-hybridized carbons (Fsp3) is 0.786. The van der Waals surface area contributed by atoms with Crippen LogP contribution in [0.15, 0.2) is 12.4 Å². The van der Waals surface area contributed by atoms with Crippen LogP contribution in [0.3, 0.4) is 0 Å². The van der Waals surface area contributed by atoms with Crippen LogP contribution in [-0.2, 0) is 7.05 Å². The van der Waals surface area contributed by atoms with E-state index in [1.807, 2.05) is 6.20 Å². The van der Waals surface area contributed by atoms with Crippen molar-refractivity contribution < 1.29 is 0 Å². The van der Waals surface area contributed by atoms with Crippen LogP contribution in [0.2, 0.25) is 0 Å². The number of hydrogen-bond donors (Lipinski definition) is 0. The maximum Gasteiger partial charge on any atom is 0.112 e. The average molecular weight is 216 g/mol. The van der Waals surface area contributed by atoms with Gasteiger partial charge >= 0.3 is 0 Å². The van der Waals surface area contributed by atoms with Crippen LogP contribution in [0.25, 0.3) is 0 Å². The monoisotopic (exact) mass is 216 g/mol. The van der Waals surface area contributed by atoms with Gasteiger partial charge in [-0.25, -0.2) is 4.98 Å². The van der Waals surface area contributed by atoms with Crippen LogP contribution in [0.5, 0.6) is 0 Å². The van der Waals surface area contributed by atoms with E-state index in [1.165, 1.54) is 31.5 Å². The zero-order chi connectivity index (χ0) is 10.7. The van der Waals surface area contributed by atoms with Gasteiger partial charge in [0.2, 0.25) is 0 Å². The van der Waals surface area contributed by atoms with E-state index in [2.05, 4.69) is 22.8 Å². The van der Waals surface area contributed by atoms with Gasteiger partial charge in [-0.1, -0.05) is 0 Å². The van der Waals surface area contributed by atoms with Crippen LogP contribution < -0.4 is 0 Å². The molecule has 16 heavy (non-hydrogen) atoms. The Bertz CT molecular complexity index is 379. The standard InChI is InChI=1S/C14H20N2/c1-16-3-2-15-14(16)13-11-5-9-4-10(7-11)8-12(13)6-9/h2-3,9-13H,4-8H2,1H3. The summed E-state index contributed by atoms with van der Waals surface area (Å²) < 4.78 is 2.26. The summed E-state index contributed by atoms with van der Waals surface area (Å²) in [6, 6.07) is 0. The third-order valence-corrected chi connectivity index (χ3v) is 5.38. The smallest absolute Gasteiger partial charge is 0.112 e. The number of imidazole rings is 1. The molecule has 0 aliphatic heterocycles. The molecule has 0 aromatic carbocycles. The summed E-state index contributed by atoms with van der Waals surface area (Å²) in [4.78, 5) is 4.62. The van der Waals surface area contributed by atoms with Crippen molar-refractivity contribution in [2.45, 2.75) is 38.0 Å². The number of rotatable bonds is 1. The third-order valence-electron chi connectivity index (χ3n) is 5.38. The molecule has 5 rings (SSSR count). The van der Waals surface area contributed by atoms with Gasteiger partial charge in [0.1, 0.15) is 5.82 Å². The normalized spacial score (nSPS) is 45.2. The summed E-state index contributed by atoms with van der Waals surface area (Å²) in [6.45, 7) is 0. The maximum atomic E-state index is 4.62. The molecule has 4 fully saturated rings. The molecule has 1 aromatic rings. The first-order valence-corrected chi connectivity index (χ1v) is 6.78. The molecule has 4 bridgehead atoms. The lowest BCUT2D eigenvalue weighted by Gasteiger charge is -2.54. The van der Waals surface area contributed by atoms with E-state index in [4.69, 9.17) is 0 Å². The molecule has 0 N–H and O–H groups in total. The molecule has 1 aromatic heterocycles. The minimum Gasteiger partial charge on any atom is -0.338 e. The van der Waals surface area contributed by atoms with Crippen molar-refractivity contribution in [2.75, 3.05) is 0 Å². The van der Waals surface area contributed by atoms with Crippen LogP contribution >= 0.6 is 0 Å². The van der Waals surface area contributed by atoms with Gasteiger partial charge in [0.25, 0.3) is 0 Å². The quantitative estimate of drug-likeness (QED) is 0.705. The molecule has 0 spiro atoms. The summed E-state index contributed by atoms with van der Waals surface area (Å²) in [7, 11) is 2.16. The Kier molecular flexibility index (Phi) is 1.80. The minimum absolute atomic E-state index is 0.785. The molecule has 86 valence electrons. The highest BCUT2D eigenvalue weighted by atomic mass is 15.0. The Labute approximate surface area is 97.1 Å². The second kappa shape index (κ2) is 3.12. The highest BCUT2D eigenvalue weighted by molar-refractivity contribution is 5.12. The third kappa shape index (κ3) is 1.16. The van der Waals surface area contributed by atoms with Crippen LogP contribution in [0.4, 0.5) is 0 Å². The van der Waals surface area contributed by atoms with Crippen molar-refractivity contribution in [3.63, 3.8) is 0 Å². The number of aromatic nitrogens is 2. The Morgan fingerprint density at radius 1 is 1.06 bits per heavy atom. The van der Waals surface area contributed by atoms with Crippen LogP contribution in [0, 0.1) is 23.7 Å². The van der Waals surface area contributed by atoms with Crippen molar-refractivity contribution in [2.24, 2.45) is 30.7 Å². The lowest BCUT2D eigenvalue weighted by atomic mass is 9.51. The second-order valence-corrected chi connectivity index (χ2v) is 6.35. The summed E-state index contributed by atoms with van der Waals surface area (Å²) >= 11 is 0. The van der Waals surface area contributed by atoms with E-state index in [0.29, 0.717) is 0 Å². The van der Waals surface area contributed by atoms with E-state index in [1.54, 1.807) is 6.42 Å². The van der Waals surface area contributed by atoms with Crippen LogP contribution in [0.1, 0.15) is 43.8 Å². The fourth-order valence-corrected chi connectivity index (χ4v) is 5.05. The van der Waals surface area contributed by atoms with Gasteiger partial charge in [0.05, 0.1) is 0 Å². The molecule has 0 unspecified atom stereocenters. The molecule has 0 saturated heterocycles. The van der Waals surface area contributed by atoms with Gasteiger partial charge in [-0.15, -0.1) is 0 Å². The molecule has 4 aliphatic carbocycles. The largest absolute Gasteiger partial charge is 0.338 e. The first kappa shape index (κ1) is 9.26. The lowest BCUT2D eigenvalue weighted by molar-refractivity contribution is -0.00647. The maximum absolute atomic E-state index is 4.62. The van der Waals surface area contributed by atoms with E-state index in [9.17, 15) is 0 Å². The number of nitrogens with zero attached hydrogens (tertiary/aromatic N) is 2. The van der Waals surface area contributed by atoms with Gasteiger partial charge in [0.15, 0.2) is 0 Å². The van der Waals surface area contributed by atoms with Crippen LogP contribution in [-0.4, -0.2) is 9.55 Å². The zero-order valence-electron chi connectivity index (χ0n) is 9.97. The summed E-state index contributed by atoms with van der Waals surface area (Å²) in [5, 5.41) is 0. The Balaban J connectivity index is 1.72. The van der Waals surface area contributed by atoms with E-state index >= 15 is 0 Å². The van der Waals surface area contributed by atoms with Gasteiger partial charge < -0.3 is 4.57 Å². The lowest BCUT2D eigenvalue weighted by Crippen LogP contribution is -2.44. The molecule has 2 heteroatoms. The highest BCUT2D eigenvalue weighted by Gasteiger charge is 2.49. The SMILES string of the molecule is Cn1ccnc1C1C2CC3CC(C2)CC1C3. The molecular formula is C14H20N2. The molecule has 0 radical (unpaired) electrons. The van der Waals surface area contributed by atoms with Crippen molar-refractivity contribution >= 4 is 0 Å². The molecule has 4 aliphatic rings. The summed E-state index contributed by atoms with van der Waals surface area (Å²) in [5.41, 5.74) is 0. The highest BCUT2D eigenvalue weighted by Crippen LogP contribution is 2.59. The topological polar surface area (TPSA) is 17.8 Å². The number of aryl methyl sites for hydroxylation is 1. The zero-order valence-corrected chi connectivity index (χ0v) is 9.97. The first-order valence-electron chi connectivity index (χ1n) is 6.78. The predicted octanol–water partition coefficient (Wildman–Crippen LogP) is 2.96. The minimum atomic E-state index is 0.785. The Morgan fingerprint density at radius 2 is 1.69 bits per heavy atom. The molecule has 4 saturated carbocycles. The van der Waals surface area contributed by atoms with Crippen molar-refractivity contribution in [1.82, 2.24) is 9.55 Å². The van der Waals surface area contributed by atoms with E-state index in [-0.39, 0.29) is 0 Å². The first-order chi connectivity index (χ1) is 7.81. The molecule has 1 heterocycles. The summed E-state index contributed by atoms with van der Waals surface area (Å²) in [5.74, 6) is 6.20. The molecule has 2 nitrogen and oxygen atoms in total. The van der Waals surface area contributed by atoms with Gasteiger partial charge in [-0.2, -0.15) is 0 Å². The predicted molar refractivity (Wildman–Crippen MR) is 63.0 cm³/mol. The Morgan fingerprint density at radius 3 is 2.19 bits per heavy atom. The number of hydrogen-bond acceptors (Lipinski definition) is 1. The van der Waals surface area contributed by atoms with E-state index < -0.39 is 0 Å². The average Bonchev–Trinajstić information content (AvgIpc) is 2.63. The molecular weight excluding hydrogens is 196 g/mol. The molecule has 0 amide bonds. The van der Waals surface area contributed by atoms with Gasteiger partial charge in [-0.3, -0.25) is 0 Å². The van der Waals surface area contributed by atoms with Gasteiger partial charge in [-0.05, 0) is 55.8 Å². The summed E-state index contributed by atoms with van der Waals surface area (Å²) in [6.07, 6.45) is 11.6. The van der Waals surface area contributed by atoms with Crippen molar-refractivity contribution in [3.8, 4) is 0 Å². The van der Waals surface area contributed by atoms with Crippen molar-refractivity contribution in [1.29, 1.82) is 0 Å².